The van der Waals surface area contributed by atoms with Crippen molar-refractivity contribution in [3.63, 3.8) is 0 Å². The lowest BCUT2D eigenvalue weighted by Gasteiger charge is -2.19. The quantitative estimate of drug-likeness (QED) is 0.847. The number of carbonyl (C=O) groups excluding carboxylic acids is 2. The van der Waals surface area contributed by atoms with E-state index in [2.05, 4.69) is 5.32 Å². The van der Waals surface area contributed by atoms with Crippen LogP contribution in [-0.2, 0) is 4.79 Å². The molecule has 1 heterocycles. The van der Waals surface area contributed by atoms with Crippen LogP contribution in [0.1, 0.15) is 21.5 Å². The first-order valence-corrected chi connectivity index (χ1v) is 7.95. The molecule has 0 saturated heterocycles. The predicted molar refractivity (Wildman–Crippen MR) is 92.9 cm³/mol. The summed E-state index contributed by atoms with van der Waals surface area (Å²) in [5.41, 5.74) is 2.83. The third-order valence-electron chi connectivity index (χ3n) is 3.79. The van der Waals surface area contributed by atoms with E-state index in [-0.39, 0.29) is 12.5 Å². The van der Waals surface area contributed by atoms with Crippen molar-refractivity contribution < 1.29 is 23.8 Å². The third kappa shape index (κ3) is 3.91. The Hall–Kier alpha value is -3.02. The van der Waals surface area contributed by atoms with Gasteiger partial charge in [-0.05, 0) is 49.2 Å². The molecule has 0 radical (unpaired) electrons. The van der Waals surface area contributed by atoms with Crippen molar-refractivity contribution in [2.24, 2.45) is 0 Å². The largest absolute Gasteiger partial charge is 0.486 e. The van der Waals surface area contributed by atoms with Crippen LogP contribution in [0.4, 0.5) is 5.69 Å². The van der Waals surface area contributed by atoms with Crippen molar-refractivity contribution in [1.29, 1.82) is 0 Å². The minimum atomic E-state index is -0.282. The molecule has 2 aromatic carbocycles. The molecule has 1 aliphatic heterocycles. The van der Waals surface area contributed by atoms with Crippen LogP contribution in [0.3, 0.4) is 0 Å². The first-order valence-electron chi connectivity index (χ1n) is 7.95. The van der Waals surface area contributed by atoms with Crippen molar-refractivity contribution in [3.8, 4) is 17.2 Å². The van der Waals surface area contributed by atoms with Gasteiger partial charge in [0.15, 0.2) is 18.1 Å². The average molecular weight is 341 g/mol. The number of aryl methyl sites for hydroxylation is 2. The molecule has 0 saturated carbocycles. The molecule has 1 aliphatic rings. The standard InChI is InChI=1S/C19H19NO5/c1-12-7-14(10-21)8-13(2)19(12)25-11-18(22)20-15-3-4-16-17(9-15)24-6-5-23-16/h3-4,7-10H,5-6,11H2,1-2H3,(H,20,22). The lowest BCUT2D eigenvalue weighted by Crippen LogP contribution is -2.21. The van der Waals surface area contributed by atoms with Crippen molar-refractivity contribution in [3.05, 3.63) is 47.0 Å². The van der Waals surface area contributed by atoms with Gasteiger partial charge < -0.3 is 19.5 Å². The zero-order valence-electron chi connectivity index (χ0n) is 14.1. The molecule has 0 aromatic heterocycles. The minimum Gasteiger partial charge on any atom is -0.486 e. The van der Waals surface area contributed by atoms with Crippen LogP contribution < -0.4 is 19.5 Å². The van der Waals surface area contributed by atoms with Gasteiger partial charge in [-0.25, -0.2) is 0 Å². The summed E-state index contributed by atoms with van der Waals surface area (Å²) in [6, 6.07) is 8.70. The Morgan fingerprint density at radius 3 is 2.48 bits per heavy atom. The van der Waals surface area contributed by atoms with E-state index >= 15 is 0 Å². The zero-order valence-corrected chi connectivity index (χ0v) is 14.1. The summed E-state index contributed by atoms with van der Waals surface area (Å²) in [4.78, 5) is 23.0. The highest BCUT2D eigenvalue weighted by Gasteiger charge is 2.14. The Morgan fingerprint density at radius 1 is 1.12 bits per heavy atom. The fourth-order valence-electron chi connectivity index (χ4n) is 2.74. The number of carbonyl (C=O) groups is 2. The van der Waals surface area contributed by atoms with E-state index in [4.69, 9.17) is 14.2 Å². The summed E-state index contributed by atoms with van der Waals surface area (Å²) < 4.78 is 16.6. The second kappa shape index (κ2) is 7.25. The summed E-state index contributed by atoms with van der Waals surface area (Å²) in [6.07, 6.45) is 0.790. The molecule has 2 aromatic rings. The molecular weight excluding hydrogens is 322 g/mol. The highest BCUT2D eigenvalue weighted by molar-refractivity contribution is 5.92. The fourth-order valence-corrected chi connectivity index (χ4v) is 2.74. The number of amides is 1. The number of rotatable bonds is 5. The predicted octanol–water partition coefficient (Wildman–Crippen LogP) is 2.90. The number of benzene rings is 2. The van der Waals surface area contributed by atoms with E-state index in [9.17, 15) is 9.59 Å². The summed E-state index contributed by atoms with van der Waals surface area (Å²) in [6.45, 7) is 4.57. The Labute approximate surface area is 145 Å². The topological polar surface area (TPSA) is 73.9 Å². The molecule has 6 heteroatoms. The van der Waals surface area contributed by atoms with E-state index in [1.165, 1.54) is 0 Å². The van der Waals surface area contributed by atoms with Gasteiger partial charge in [0.1, 0.15) is 25.2 Å². The molecule has 0 bridgehead atoms. The monoisotopic (exact) mass is 341 g/mol. The first-order chi connectivity index (χ1) is 12.1. The SMILES string of the molecule is Cc1cc(C=O)cc(C)c1OCC(=O)Nc1ccc2c(c1)OCCO2. The van der Waals surface area contributed by atoms with Crippen LogP contribution in [0.25, 0.3) is 0 Å². The number of nitrogens with one attached hydrogen (secondary N) is 1. The number of hydrogen-bond acceptors (Lipinski definition) is 5. The minimum absolute atomic E-state index is 0.128. The van der Waals surface area contributed by atoms with Gasteiger partial charge in [-0.2, -0.15) is 0 Å². The van der Waals surface area contributed by atoms with Crippen LogP contribution in [0.5, 0.6) is 17.2 Å². The van der Waals surface area contributed by atoms with Crippen LogP contribution >= 0.6 is 0 Å². The molecule has 6 nitrogen and oxygen atoms in total. The summed E-state index contributed by atoms with van der Waals surface area (Å²) in [5.74, 6) is 1.61. The first kappa shape index (κ1) is 16.8. The van der Waals surface area contributed by atoms with Gasteiger partial charge in [0, 0.05) is 17.3 Å². The lowest BCUT2D eigenvalue weighted by molar-refractivity contribution is -0.118. The maximum atomic E-state index is 12.1. The van der Waals surface area contributed by atoms with Crippen molar-refractivity contribution >= 4 is 17.9 Å². The highest BCUT2D eigenvalue weighted by Crippen LogP contribution is 2.32. The Morgan fingerprint density at radius 2 is 1.80 bits per heavy atom. The van der Waals surface area contributed by atoms with Crippen molar-refractivity contribution in [1.82, 2.24) is 0 Å². The van der Waals surface area contributed by atoms with Gasteiger partial charge in [0.25, 0.3) is 5.91 Å². The molecule has 25 heavy (non-hydrogen) atoms. The Balaban J connectivity index is 1.63. The second-order valence-corrected chi connectivity index (χ2v) is 5.80. The van der Waals surface area contributed by atoms with E-state index < -0.39 is 0 Å². The fraction of sp³-hybridized carbons (Fsp3) is 0.263. The zero-order chi connectivity index (χ0) is 17.8. The van der Waals surface area contributed by atoms with Crippen LogP contribution in [-0.4, -0.2) is 32.0 Å². The molecule has 0 atom stereocenters. The molecular formula is C19H19NO5. The van der Waals surface area contributed by atoms with Gasteiger partial charge >= 0.3 is 0 Å². The Kier molecular flexibility index (Phi) is 4.88. The van der Waals surface area contributed by atoms with Crippen LogP contribution in [0.2, 0.25) is 0 Å². The van der Waals surface area contributed by atoms with E-state index in [1.54, 1.807) is 30.3 Å². The Bertz CT molecular complexity index is 792. The number of anilines is 1. The van der Waals surface area contributed by atoms with E-state index in [0.29, 0.717) is 41.7 Å². The molecule has 1 N–H and O–H groups in total. The normalized spacial score (nSPS) is 12.4. The molecule has 0 spiro atoms. The maximum Gasteiger partial charge on any atom is 0.262 e. The molecule has 0 fully saturated rings. The number of hydrogen-bond donors (Lipinski definition) is 1. The van der Waals surface area contributed by atoms with Gasteiger partial charge in [0.2, 0.25) is 0 Å². The van der Waals surface area contributed by atoms with Gasteiger partial charge in [-0.1, -0.05) is 0 Å². The van der Waals surface area contributed by atoms with Crippen molar-refractivity contribution in [2.45, 2.75) is 13.8 Å². The van der Waals surface area contributed by atoms with E-state index in [1.807, 2.05) is 13.8 Å². The molecule has 1 amide bonds. The summed E-state index contributed by atoms with van der Waals surface area (Å²) in [7, 11) is 0. The van der Waals surface area contributed by atoms with Crippen LogP contribution in [0.15, 0.2) is 30.3 Å². The van der Waals surface area contributed by atoms with Crippen molar-refractivity contribution in [2.75, 3.05) is 25.1 Å². The molecule has 130 valence electrons. The summed E-state index contributed by atoms with van der Waals surface area (Å²) >= 11 is 0. The van der Waals surface area contributed by atoms with E-state index in [0.717, 1.165) is 17.4 Å². The van der Waals surface area contributed by atoms with Crippen LogP contribution in [0, 0.1) is 13.8 Å². The number of ether oxygens (including phenoxy) is 3. The maximum absolute atomic E-state index is 12.1. The lowest BCUT2D eigenvalue weighted by atomic mass is 10.1. The van der Waals surface area contributed by atoms with Gasteiger partial charge in [-0.3, -0.25) is 9.59 Å². The smallest absolute Gasteiger partial charge is 0.262 e. The second-order valence-electron chi connectivity index (χ2n) is 5.80. The molecule has 0 unspecified atom stereocenters. The third-order valence-corrected chi connectivity index (χ3v) is 3.79. The summed E-state index contributed by atoms with van der Waals surface area (Å²) in [5, 5.41) is 2.77. The van der Waals surface area contributed by atoms with Gasteiger partial charge in [-0.15, -0.1) is 0 Å². The molecule has 0 aliphatic carbocycles. The molecule has 3 rings (SSSR count). The highest BCUT2D eigenvalue weighted by atomic mass is 16.6. The number of aldehydes is 1. The average Bonchev–Trinajstić information content (AvgIpc) is 2.60. The van der Waals surface area contributed by atoms with Gasteiger partial charge in [0.05, 0.1) is 0 Å². The number of fused-ring (bicyclic) bond motifs is 1.